The summed E-state index contributed by atoms with van der Waals surface area (Å²) in [5, 5.41) is 2.90. The van der Waals surface area contributed by atoms with Gasteiger partial charge in [-0.15, -0.1) is 0 Å². The van der Waals surface area contributed by atoms with Gasteiger partial charge in [-0.1, -0.05) is 18.2 Å². The second-order valence-corrected chi connectivity index (χ2v) is 5.23. The minimum atomic E-state index is -0.0220. The van der Waals surface area contributed by atoms with E-state index in [0.29, 0.717) is 19.6 Å². The lowest BCUT2D eigenvalue weighted by Gasteiger charge is -2.05. The van der Waals surface area contributed by atoms with Crippen molar-refractivity contribution in [2.24, 2.45) is 0 Å². The maximum absolute atomic E-state index is 12.0. The summed E-state index contributed by atoms with van der Waals surface area (Å²) in [4.78, 5) is 16.5. The topological polar surface area (TPSA) is 55.6 Å². The highest BCUT2D eigenvalue weighted by atomic mass is 16.5. The number of amides is 1. The van der Waals surface area contributed by atoms with Crippen LogP contribution in [0.4, 0.5) is 0 Å². The molecule has 1 amide bonds. The van der Waals surface area contributed by atoms with Gasteiger partial charge in [0.2, 0.25) is 5.91 Å². The molecule has 0 saturated heterocycles. The third-order valence-corrected chi connectivity index (χ3v) is 3.48. The zero-order valence-electron chi connectivity index (χ0n) is 13.0. The molecule has 118 valence electrons. The summed E-state index contributed by atoms with van der Waals surface area (Å²) < 4.78 is 7.33. The molecule has 0 radical (unpaired) electrons. The number of ether oxygens (including phenoxy) is 1. The van der Waals surface area contributed by atoms with E-state index < -0.39 is 0 Å². The van der Waals surface area contributed by atoms with E-state index in [4.69, 9.17) is 4.74 Å². The fourth-order valence-electron chi connectivity index (χ4n) is 2.38. The highest BCUT2D eigenvalue weighted by Gasteiger charge is 2.06. The number of rotatable bonds is 6. The Morgan fingerprint density at radius 1 is 1.22 bits per heavy atom. The smallest absolute Gasteiger partial charge is 0.224 e. The molecule has 0 aliphatic carbocycles. The molecule has 0 bridgehead atoms. The molecule has 5 heteroatoms. The minimum absolute atomic E-state index is 0.0220. The van der Waals surface area contributed by atoms with Gasteiger partial charge in [-0.2, -0.15) is 0 Å². The van der Waals surface area contributed by atoms with E-state index >= 15 is 0 Å². The van der Waals surface area contributed by atoms with Crippen LogP contribution in [0.15, 0.2) is 54.9 Å². The molecular weight excluding hydrogens is 290 g/mol. The van der Waals surface area contributed by atoms with Crippen LogP contribution in [0.2, 0.25) is 0 Å². The SMILES string of the molecule is CCOc1ccc(CC(=O)NCc2cn3ccccc3n2)cc1. The molecule has 0 atom stereocenters. The molecule has 5 nitrogen and oxygen atoms in total. The maximum atomic E-state index is 12.0. The molecule has 0 saturated carbocycles. The first kappa shape index (κ1) is 15.1. The van der Waals surface area contributed by atoms with Crippen LogP contribution in [0.25, 0.3) is 5.65 Å². The summed E-state index contributed by atoms with van der Waals surface area (Å²) >= 11 is 0. The van der Waals surface area contributed by atoms with E-state index in [1.165, 1.54) is 0 Å². The van der Waals surface area contributed by atoms with E-state index in [1.807, 2.05) is 66.2 Å². The first-order valence-electron chi connectivity index (χ1n) is 7.65. The molecule has 2 aromatic heterocycles. The molecule has 0 fully saturated rings. The zero-order valence-corrected chi connectivity index (χ0v) is 13.0. The monoisotopic (exact) mass is 309 g/mol. The number of imidazole rings is 1. The Hall–Kier alpha value is -2.82. The van der Waals surface area contributed by atoms with Crippen LogP contribution in [-0.4, -0.2) is 21.9 Å². The minimum Gasteiger partial charge on any atom is -0.494 e. The highest BCUT2D eigenvalue weighted by molar-refractivity contribution is 5.78. The third kappa shape index (κ3) is 3.88. The van der Waals surface area contributed by atoms with E-state index in [1.54, 1.807) is 0 Å². The van der Waals surface area contributed by atoms with E-state index in [2.05, 4.69) is 10.3 Å². The Bertz CT molecular complexity index is 760. The van der Waals surface area contributed by atoms with Crippen LogP contribution in [0.5, 0.6) is 5.75 Å². The second-order valence-electron chi connectivity index (χ2n) is 5.23. The number of hydrogen-bond acceptors (Lipinski definition) is 3. The molecule has 0 unspecified atom stereocenters. The number of benzene rings is 1. The van der Waals surface area contributed by atoms with Crippen molar-refractivity contribution in [2.45, 2.75) is 19.9 Å². The van der Waals surface area contributed by atoms with Crippen molar-refractivity contribution in [1.82, 2.24) is 14.7 Å². The number of aromatic nitrogens is 2. The average molecular weight is 309 g/mol. The van der Waals surface area contributed by atoms with Gasteiger partial charge in [0, 0.05) is 12.4 Å². The van der Waals surface area contributed by atoms with Gasteiger partial charge in [-0.05, 0) is 36.8 Å². The molecule has 3 rings (SSSR count). The lowest BCUT2D eigenvalue weighted by atomic mass is 10.1. The van der Waals surface area contributed by atoms with Gasteiger partial charge in [-0.3, -0.25) is 4.79 Å². The summed E-state index contributed by atoms with van der Waals surface area (Å²) in [5.74, 6) is 0.799. The van der Waals surface area contributed by atoms with Crippen LogP contribution in [0.1, 0.15) is 18.2 Å². The fourth-order valence-corrected chi connectivity index (χ4v) is 2.38. The Balaban J connectivity index is 1.54. The standard InChI is InChI=1S/C18H19N3O2/c1-2-23-16-8-6-14(7-9-16)11-18(22)19-12-15-13-21-10-4-3-5-17(21)20-15/h3-10,13H,2,11-12H2,1H3,(H,19,22). The van der Waals surface area contributed by atoms with Crippen LogP contribution in [0.3, 0.4) is 0 Å². The number of pyridine rings is 1. The van der Waals surface area contributed by atoms with Crippen molar-refractivity contribution >= 4 is 11.6 Å². The number of carbonyl (C=O) groups excluding carboxylic acids is 1. The van der Waals surface area contributed by atoms with Crippen LogP contribution in [0, 0.1) is 0 Å². The number of nitrogens with zero attached hydrogens (tertiary/aromatic N) is 2. The van der Waals surface area contributed by atoms with Gasteiger partial charge in [0.25, 0.3) is 0 Å². The lowest BCUT2D eigenvalue weighted by molar-refractivity contribution is -0.120. The molecule has 3 aromatic rings. The molecule has 0 aliphatic rings. The lowest BCUT2D eigenvalue weighted by Crippen LogP contribution is -2.24. The largest absolute Gasteiger partial charge is 0.494 e. The summed E-state index contributed by atoms with van der Waals surface area (Å²) in [6.45, 7) is 3.01. The second kappa shape index (κ2) is 6.96. The number of hydrogen-bond donors (Lipinski definition) is 1. The van der Waals surface area contributed by atoms with Crippen LogP contribution >= 0.6 is 0 Å². The zero-order chi connectivity index (χ0) is 16.1. The quantitative estimate of drug-likeness (QED) is 0.761. The molecule has 0 spiro atoms. The van der Waals surface area contributed by atoms with E-state index in [-0.39, 0.29) is 5.91 Å². The van der Waals surface area contributed by atoms with Gasteiger partial charge in [0.05, 0.1) is 25.3 Å². The van der Waals surface area contributed by atoms with Gasteiger partial charge < -0.3 is 14.5 Å². The maximum Gasteiger partial charge on any atom is 0.224 e. The van der Waals surface area contributed by atoms with Crippen molar-refractivity contribution in [3.8, 4) is 5.75 Å². The predicted octanol–water partition coefficient (Wildman–Crippen LogP) is 2.59. The van der Waals surface area contributed by atoms with E-state index in [9.17, 15) is 4.79 Å². The molecular formula is C18H19N3O2. The Kier molecular flexibility index (Phi) is 4.57. The van der Waals surface area contributed by atoms with Gasteiger partial charge >= 0.3 is 0 Å². The average Bonchev–Trinajstić information content (AvgIpc) is 2.98. The van der Waals surface area contributed by atoms with Crippen molar-refractivity contribution in [2.75, 3.05) is 6.61 Å². The molecule has 23 heavy (non-hydrogen) atoms. The predicted molar refractivity (Wildman–Crippen MR) is 88.4 cm³/mol. The number of fused-ring (bicyclic) bond motifs is 1. The first-order chi connectivity index (χ1) is 11.2. The Labute approximate surface area is 134 Å². The van der Waals surface area contributed by atoms with Crippen molar-refractivity contribution in [3.05, 3.63) is 66.1 Å². The van der Waals surface area contributed by atoms with Gasteiger partial charge in [0.15, 0.2) is 0 Å². The van der Waals surface area contributed by atoms with Crippen LogP contribution < -0.4 is 10.1 Å². The van der Waals surface area contributed by atoms with Crippen molar-refractivity contribution in [1.29, 1.82) is 0 Å². The summed E-state index contributed by atoms with van der Waals surface area (Å²) in [7, 11) is 0. The molecule has 2 heterocycles. The fraction of sp³-hybridized carbons (Fsp3) is 0.222. The molecule has 1 N–H and O–H groups in total. The number of nitrogens with one attached hydrogen (secondary N) is 1. The van der Waals surface area contributed by atoms with Gasteiger partial charge in [0.1, 0.15) is 11.4 Å². The molecule has 0 aliphatic heterocycles. The summed E-state index contributed by atoms with van der Waals surface area (Å²) in [6, 6.07) is 13.4. The summed E-state index contributed by atoms with van der Waals surface area (Å²) in [6.07, 6.45) is 4.21. The first-order valence-corrected chi connectivity index (χ1v) is 7.65. The number of carbonyl (C=O) groups is 1. The van der Waals surface area contributed by atoms with Gasteiger partial charge in [-0.25, -0.2) is 4.98 Å². The van der Waals surface area contributed by atoms with Crippen molar-refractivity contribution in [3.63, 3.8) is 0 Å². The van der Waals surface area contributed by atoms with Crippen molar-refractivity contribution < 1.29 is 9.53 Å². The summed E-state index contributed by atoms with van der Waals surface area (Å²) in [5.41, 5.74) is 2.68. The molecule has 1 aromatic carbocycles. The third-order valence-electron chi connectivity index (χ3n) is 3.48. The Morgan fingerprint density at radius 3 is 2.78 bits per heavy atom. The Morgan fingerprint density at radius 2 is 2.04 bits per heavy atom. The normalized spacial score (nSPS) is 10.7. The van der Waals surface area contributed by atoms with Crippen LogP contribution in [-0.2, 0) is 17.8 Å². The van der Waals surface area contributed by atoms with E-state index in [0.717, 1.165) is 22.7 Å². The highest BCUT2D eigenvalue weighted by Crippen LogP contribution is 2.12.